The van der Waals surface area contributed by atoms with Gasteiger partial charge in [0.05, 0.1) is 5.75 Å². The number of sulfone groups is 1. The molecule has 1 unspecified atom stereocenters. The molecular formula is C8H18INO2S. The van der Waals surface area contributed by atoms with Crippen molar-refractivity contribution < 1.29 is 8.42 Å². The molecule has 0 aromatic heterocycles. The third-order valence-electron chi connectivity index (χ3n) is 1.85. The van der Waals surface area contributed by atoms with Gasteiger partial charge in [0.25, 0.3) is 0 Å². The molecule has 1 atom stereocenters. The van der Waals surface area contributed by atoms with Crippen LogP contribution in [0.25, 0.3) is 0 Å². The molecule has 0 amide bonds. The van der Waals surface area contributed by atoms with Crippen molar-refractivity contribution in [2.24, 2.45) is 5.92 Å². The molecule has 0 aliphatic rings. The largest absolute Gasteiger partial charge is 0.312 e. The first kappa shape index (κ1) is 13.6. The van der Waals surface area contributed by atoms with Crippen LogP contribution in [0.5, 0.6) is 0 Å². The van der Waals surface area contributed by atoms with Gasteiger partial charge in [0.2, 0.25) is 0 Å². The fourth-order valence-corrected chi connectivity index (χ4v) is 2.72. The summed E-state index contributed by atoms with van der Waals surface area (Å²) in [7, 11) is -2.82. The van der Waals surface area contributed by atoms with E-state index in [2.05, 4.69) is 41.8 Å². The Morgan fingerprint density at radius 2 is 1.92 bits per heavy atom. The van der Waals surface area contributed by atoms with Crippen molar-refractivity contribution >= 4 is 32.4 Å². The molecule has 0 radical (unpaired) electrons. The minimum atomic E-state index is -2.82. The molecule has 5 heteroatoms. The molecule has 3 nitrogen and oxygen atoms in total. The van der Waals surface area contributed by atoms with Crippen molar-refractivity contribution in [1.29, 1.82) is 0 Å². The number of hydrogen-bond donors (Lipinski definition) is 1. The van der Waals surface area contributed by atoms with Crippen LogP contribution in [0.1, 0.15) is 13.8 Å². The zero-order valence-electron chi connectivity index (χ0n) is 8.38. The SMILES string of the molecule is CC(C)C(CI)NCCS(C)(=O)=O. The molecule has 0 aliphatic heterocycles. The maximum absolute atomic E-state index is 10.8. The Kier molecular flexibility index (Phi) is 6.49. The van der Waals surface area contributed by atoms with E-state index >= 15 is 0 Å². The molecule has 1 N–H and O–H groups in total. The molecule has 0 heterocycles. The van der Waals surface area contributed by atoms with E-state index in [1.54, 1.807) is 0 Å². The van der Waals surface area contributed by atoms with Crippen molar-refractivity contribution in [3.05, 3.63) is 0 Å². The maximum atomic E-state index is 10.8. The fraction of sp³-hybridized carbons (Fsp3) is 1.00. The van der Waals surface area contributed by atoms with Crippen LogP contribution >= 0.6 is 22.6 Å². The molecule has 0 rings (SSSR count). The molecule has 0 bridgehead atoms. The second-order valence-electron chi connectivity index (χ2n) is 3.59. The third-order valence-corrected chi connectivity index (χ3v) is 3.74. The highest BCUT2D eigenvalue weighted by Gasteiger charge is 2.11. The predicted octanol–water partition coefficient (Wildman–Crippen LogP) is 1.08. The predicted molar refractivity (Wildman–Crippen MR) is 65.2 cm³/mol. The van der Waals surface area contributed by atoms with Gasteiger partial charge in [-0.05, 0) is 5.92 Å². The summed E-state index contributed by atoms with van der Waals surface area (Å²) >= 11 is 2.31. The van der Waals surface area contributed by atoms with E-state index in [-0.39, 0.29) is 5.75 Å². The number of nitrogens with one attached hydrogen (secondary N) is 1. The topological polar surface area (TPSA) is 46.2 Å². The molecule has 0 saturated carbocycles. The van der Waals surface area contributed by atoms with E-state index in [1.165, 1.54) is 6.26 Å². The van der Waals surface area contributed by atoms with Crippen LogP contribution in [-0.4, -0.2) is 37.4 Å². The first-order valence-electron chi connectivity index (χ1n) is 4.34. The van der Waals surface area contributed by atoms with Crippen molar-refractivity contribution in [2.75, 3.05) is 23.0 Å². The zero-order chi connectivity index (χ0) is 10.5. The summed E-state index contributed by atoms with van der Waals surface area (Å²) < 4.78 is 22.7. The Labute approximate surface area is 94.7 Å². The second kappa shape index (κ2) is 6.19. The molecule has 0 aromatic rings. The summed E-state index contributed by atoms with van der Waals surface area (Å²) in [5, 5.41) is 3.24. The quantitative estimate of drug-likeness (QED) is 0.589. The van der Waals surface area contributed by atoms with E-state index in [0.29, 0.717) is 18.5 Å². The Morgan fingerprint density at radius 3 is 2.23 bits per heavy atom. The van der Waals surface area contributed by atoms with Gasteiger partial charge in [-0.15, -0.1) is 0 Å². The number of alkyl halides is 1. The second-order valence-corrected chi connectivity index (χ2v) is 6.73. The Bertz CT molecular complexity index is 226. The lowest BCUT2D eigenvalue weighted by Gasteiger charge is -2.19. The number of hydrogen-bond acceptors (Lipinski definition) is 3. The van der Waals surface area contributed by atoms with Gasteiger partial charge in [0, 0.05) is 23.3 Å². The molecule has 0 saturated heterocycles. The smallest absolute Gasteiger partial charge is 0.148 e. The summed E-state index contributed by atoms with van der Waals surface area (Å²) in [5.74, 6) is 0.781. The molecular weight excluding hydrogens is 301 g/mol. The van der Waals surface area contributed by atoms with E-state index in [9.17, 15) is 8.42 Å². The molecule has 80 valence electrons. The minimum absolute atomic E-state index is 0.229. The first-order valence-corrected chi connectivity index (χ1v) is 7.92. The van der Waals surface area contributed by atoms with Gasteiger partial charge < -0.3 is 5.32 Å². The van der Waals surface area contributed by atoms with Crippen molar-refractivity contribution in [1.82, 2.24) is 5.32 Å². The average molecular weight is 319 g/mol. The van der Waals surface area contributed by atoms with Crippen molar-refractivity contribution in [3.8, 4) is 0 Å². The lowest BCUT2D eigenvalue weighted by molar-refractivity contribution is 0.447. The van der Waals surface area contributed by atoms with Gasteiger partial charge in [-0.2, -0.15) is 0 Å². The van der Waals surface area contributed by atoms with Gasteiger partial charge in [-0.25, -0.2) is 8.42 Å². The zero-order valence-corrected chi connectivity index (χ0v) is 11.4. The first-order chi connectivity index (χ1) is 5.87. The minimum Gasteiger partial charge on any atom is -0.312 e. The Morgan fingerprint density at radius 1 is 1.38 bits per heavy atom. The molecule has 13 heavy (non-hydrogen) atoms. The standard InChI is InChI=1S/C8H18INO2S/c1-7(2)8(6-9)10-4-5-13(3,11)12/h7-8,10H,4-6H2,1-3H3. The fourth-order valence-electron chi connectivity index (χ4n) is 0.898. The summed E-state index contributed by atoms with van der Waals surface area (Å²) in [6.45, 7) is 4.83. The summed E-state index contributed by atoms with van der Waals surface area (Å²) in [6.07, 6.45) is 1.27. The Hall–Kier alpha value is 0.640. The number of halogens is 1. The molecule has 0 spiro atoms. The summed E-state index contributed by atoms with van der Waals surface area (Å²) in [4.78, 5) is 0. The van der Waals surface area contributed by atoms with Crippen LogP contribution in [0.3, 0.4) is 0 Å². The van der Waals surface area contributed by atoms with Crippen LogP contribution in [0.2, 0.25) is 0 Å². The van der Waals surface area contributed by atoms with Crippen LogP contribution < -0.4 is 5.32 Å². The molecule has 0 fully saturated rings. The lowest BCUT2D eigenvalue weighted by Crippen LogP contribution is -2.38. The van der Waals surface area contributed by atoms with E-state index < -0.39 is 9.84 Å². The normalized spacial score (nSPS) is 14.8. The highest BCUT2D eigenvalue weighted by Crippen LogP contribution is 2.04. The highest BCUT2D eigenvalue weighted by atomic mass is 127. The van der Waals surface area contributed by atoms with Crippen LogP contribution in [0.4, 0.5) is 0 Å². The van der Waals surface area contributed by atoms with Crippen molar-refractivity contribution in [2.45, 2.75) is 19.9 Å². The Balaban J connectivity index is 3.74. The van der Waals surface area contributed by atoms with E-state index in [1.807, 2.05) is 0 Å². The number of rotatable bonds is 6. The van der Waals surface area contributed by atoms with Gasteiger partial charge in [0.15, 0.2) is 0 Å². The van der Waals surface area contributed by atoms with Crippen LogP contribution in [0, 0.1) is 5.92 Å². The van der Waals surface area contributed by atoms with E-state index in [4.69, 9.17) is 0 Å². The monoisotopic (exact) mass is 319 g/mol. The van der Waals surface area contributed by atoms with Gasteiger partial charge in [0.1, 0.15) is 9.84 Å². The van der Waals surface area contributed by atoms with Crippen LogP contribution in [-0.2, 0) is 9.84 Å². The summed E-state index contributed by atoms with van der Waals surface area (Å²) in [6, 6.07) is 0.419. The third kappa shape index (κ3) is 7.69. The van der Waals surface area contributed by atoms with Gasteiger partial charge >= 0.3 is 0 Å². The summed E-state index contributed by atoms with van der Waals surface area (Å²) in [5.41, 5.74) is 0. The molecule has 0 aromatic carbocycles. The molecule has 0 aliphatic carbocycles. The maximum Gasteiger partial charge on any atom is 0.148 e. The highest BCUT2D eigenvalue weighted by molar-refractivity contribution is 14.1. The van der Waals surface area contributed by atoms with Crippen LogP contribution in [0.15, 0.2) is 0 Å². The average Bonchev–Trinajstić information content (AvgIpc) is 1.95. The van der Waals surface area contributed by atoms with E-state index in [0.717, 1.165) is 4.43 Å². The lowest BCUT2D eigenvalue weighted by atomic mass is 10.1. The van der Waals surface area contributed by atoms with Gasteiger partial charge in [-0.3, -0.25) is 0 Å². The van der Waals surface area contributed by atoms with Gasteiger partial charge in [-0.1, -0.05) is 36.4 Å². The van der Waals surface area contributed by atoms with Crippen molar-refractivity contribution in [3.63, 3.8) is 0 Å².